The number of imide groups is 1. The average Bonchev–Trinajstić information content (AvgIpc) is 2.85. The van der Waals surface area contributed by atoms with Gasteiger partial charge in [0.15, 0.2) is 6.61 Å². The van der Waals surface area contributed by atoms with Crippen molar-refractivity contribution in [3.8, 4) is 0 Å². The van der Waals surface area contributed by atoms with Crippen LogP contribution >= 0.6 is 0 Å². The molecule has 1 aromatic rings. The van der Waals surface area contributed by atoms with E-state index in [0.29, 0.717) is 0 Å². The van der Waals surface area contributed by atoms with Gasteiger partial charge in [0, 0.05) is 6.04 Å². The molecule has 0 radical (unpaired) electrons. The Bertz CT molecular complexity index is 693. The van der Waals surface area contributed by atoms with Crippen LogP contribution in [0.1, 0.15) is 54.8 Å². The molecule has 1 aromatic carbocycles. The number of fused-ring (bicyclic) bond motifs is 1. The van der Waals surface area contributed by atoms with Gasteiger partial charge in [-0.25, -0.2) is 4.79 Å². The molecule has 0 aliphatic carbocycles. The zero-order chi connectivity index (χ0) is 19.4. The Kier molecular flexibility index (Phi) is 6.13. The highest BCUT2D eigenvalue weighted by molar-refractivity contribution is 6.22. The summed E-state index contributed by atoms with van der Waals surface area (Å²) in [7, 11) is 0. The van der Waals surface area contributed by atoms with E-state index in [4.69, 9.17) is 4.74 Å². The smallest absolute Gasteiger partial charge is 0.330 e. The van der Waals surface area contributed by atoms with Crippen LogP contribution in [0, 0.1) is 5.92 Å². The van der Waals surface area contributed by atoms with Crippen LogP contribution in [0.3, 0.4) is 0 Å². The molecule has 0 fully saturated rings. The molecule has 1 N–H and O–H groups in total. The van der Waals surface area contributed by atoms with E-state index >= 15 is 0 Å². The number of ether oxygens (including phenoxy) is 1. The molecule has 0 unspecified atom stereocenters. The molecule has 0 saturated heterocycles. The van der Waals surface area contributed by atoms with Crippen molar-refractivity contribution in [2.75, 3.05) is 6.61 Å². The zero-order valence-electron chi connectivity index (χ0n) is 15.4. The lowest BCUT2D eigenvalue weighted by Crippen LogP contribution is -2.49. The van der Waals surface area contributed by atoms with Crippen LogP contribution in [0.25, 0.3) is 0 Å². The third-order valence-electron chi connectivity index (χ3n) is 4.34. The number of rotatable bonds is 7. The Morgan fingerprint density at radius 3 is 2.08 bits per heavy atom. The second-order valence-corrected chi connectivity index (χ2v) is 6.70. The van der Waals surface area contributed by atoms with E-state index in [0.717, 1.165) is 11.3 Å². The molecule has 7 heteroatoms. The van der Waals surface area contributed by atoms with E-state index in [1.165, 1.54) is 0 Å². The molecule has 0 bridgehead atoms. The molecular weight excluding hydrogens is 336 g/mol. The summed E-state index contributed by atoms with van der Waals surface area (Å²) in [6, 6.07) is 5.32. The third kappa shape index (κ3) is 3.92. The largest absolute Gasteiger partial charge is 0.454 e. The molecule has 2 rings (SSSR count). The Morgan fingerprint density at radius 1 is 1.08 bits per heavy atom. The van der Waals surface area contributed by atoms with E-state index in [9.17, 15) is 19.2 Å². The summed E-state index contributed by atoms with van der Waals surface area (Å²) in [5.41, 5.74) is 0.538. The molecule has 1 aliphatic rings. The van der Waals surface area contributed by atoms with Gasteiger partial charge < -0.3 is 10.1 Å². The standard InChI is InChI=1S/C19H24N2O5/c1-5-12(4)20-15(22)10-26-19(25)16(11(2)3)21-17(23)13-8-6-7-9-14(13)18(21)24/h6-9,11-12,16H,5,10H2,1-4H3,(H,20,22)/t12-,16+/m1/s1. The van der Waals surface area contributed by atoms with Gasteiger partial charge in [-0.05, 0) is 31.4 Å². The van der Waals surface area contributed by atoms with Crippen molar-refractivity contribution < 1.29 is 23.9 Å². The fourth-order valence-corrected chi connectivity index (χ4v) is 2.78. The van der Waals surface area contributed by atoms with Crippen LogP contribution < -0.4 is 5.32 Å². The molecule has 0 spiro atoms. The highest BCUT2D eigenvalue weighted by atomic mass is 16.5. The Hall–Kier alpha value is -2.70. The number of carbonyl (C=O) groups is 4. The van der Waals surface area contributed by atoms with Crippen molar-refractivity contribution in [2.45, 2.75) is 46.2 Å². The minimum atomic E-state index is -1.08. The van der Waals surface area contributed by atoms with Gasteiger partial charge in [-0.15, -0.1) is 0 Å². The molecule has 0 saturated carbocycles. The van der Waals surface area contributed by atoms with Gasteiger partial charge in [0.2, 0.25) is 0 Å². The summed E-state index contributed by atoms with van der Waals surface area (Å²) in [6.07, 6.45) is 0.753. The number of amides is 3. The van der Waals surface area contributed by atoms with Crippen molar-refractivity contribution >= 4 is 23.7 Å². The number of nitrogens with zero attached hydrogens (tertiary/aromatic N) is 1. The molecule has 7 nitrogen and oxygen atoms in total. The maximum atomic E-state index is 12.6. The van der Waals surface area contributed by atoms with E-state index in [1.54, 1.807) is 38.1 Å². The number of carbonyl (C=O) groups excluding carboxylic acids is 4. The SMILES string of the molecule is CC[C@@H](C)NC(=O)COC(=O)[C@H](C(C)C)N1C(=O)c2ccccc2C1=O. The van der Waals surface area contributed by atoms with Crippen molar-refractivity contribution in [1.29, 1.82) is 0 Å². The summed E-state index contributed by atoms with van der Waals surface area (Å²) in [4.78, 5) is 50.5. The monoisotopic (exact) mass is 360 g/mol. The van der Waals surface area contributed by atoms with Crippen molar-refractivity contribution in [3.63, 3.8) is 0 Å². The number of benzene rings is 1. The molecule has 1 heterocycles. The number of hydrogen-bond donors (Lipinski definition) is 1. The van der Waals surface area contributed by atoms with Crippen LogP contribution in [0.4, 0.5) is 0 Å². The maximum absolute atomic E-state index is 12.6. The van der Waals surface area contributed by atoms with Gasteiger partial charge in [0.25, 0.3) is 17.7 Å². The highest BCUT2D eigenvalue weighted by Gasteiger charge is 2.44. The normalized spacial score (nSPS) is 15.7. The first-order chi connectivity index (χ1) is 12.3. The minimum Gasteiger partial charge on any atom is -0.454 e. The predicted molar refractivity (Wildman–Crippen MR) is 94.4 cm³/mol. The van der Waals surface area contributed by atoms with E-state index in [-0.39, 0.29) is 23.1 Å². The summed E-state index contributed by atoms with van der Waals surface area (Å²) >= 11 is 0. The minimum absolute atomic E-state index is 0.0293. The van der Waals surface area contributed by atoms with Gasteiger partial charge in [0.05, 0.1) is 11.1 Å². The van der Waals surface area contributed by atoms with Gasteiger partial charge in [0.1, 0.15) is 6.04 Å². The molecule has 0 aromatic heterocycles. The molecule has 1 aliphatic heterocycles. The summed E-state index contributed by atoms with van der Waals surface area (Å²) < 4.78 is 5.08. The van der Waals surface area contributed by atoms with Crippen LogP contribution in [-0.2, 0) is 14.3 Å². The molecule has 2 atom stereocenters. The lowest BCUT2D eigenvalue weighted by atomic mass is 10.0. The number of nitrogens with one attached hydrogen (secondary N) is 1. The highest BCUT2D eigenvalue weighted by Crippen LogP contribution is 2.27. The first-order valence-electron chi connectivity index (χ1n) is 8.70. The lowest BCUT2D eigenvalue weighted by molar-refractivity contribution is -0.153. The maximum Gasteiger partial charge on any atom is 0.330 e. The van der Waals surface area contributed by atoms with Crippen LogP contribution in [-0.4, -0.2) is 47.3 Å². The average molecular weight is 360 g/mol. The van der Waals surface area contributed by atoms with E-state index < -0.39 is 36.3 Å². The van der Waals surface area contributed by atoms with Gasteiger partial charge in [-0.1, -0.05) is 32.9 Å². The zero-order valence-corrected chi connectivity index (χ0v) is 15.4. The molecule has 3 amide bonds. The lowest BCUT2D eigenvalue weighted by Gasteiger charge is -2.27. The van der Waals surface area contributed by atoms with Crippen LogP contribution in [0.5, 0.6) is 0 Å². The van der Waals surface area contributed by atoms with E-state index in [1.807, 2.05) is 13.8 Å². The fraction of sp³-hybridized carbons (Fsp3) is 0.474. The van der Waals surface area contributed by atoms with Crippen molar-refractivity contribution in [2.24, 2.45) is 5.92 Å². The van der Waals surface area contributed by atoms with Gasteiger partial charge in [-0.2, -0.15) is 0 Å². The topological polar surface area (TPSA) is 92.8 Å². The first-order valence-corrected chi connectivity index (χ1v) is 8.70. The molecule has 26 heavy (non-hydrogen) atoms. The van der Waals surface area contributed by atoms with Crippen LogP contribution in [0.15, 0.2) is 24.3 Å². The third-order valence-corrected chi connectivity index (χ3v) is 4.34. The summed E-state index contributed by atoms with van der Waals surface area (Å²) in [5, 5.41) is 2.69. The van der Waals surface area contributed by atoms with Crippen molar-refractivity contribution in [3.05, 3.63) is 35.4 Å². The van der Waals surface area contributed by atoms with Crippen LogP contribution in [0.2, 0.25) is 0 Å². The van der Waals surface area contributed by atoms with Crippen molar-refractivity contribution in [1.82, 2.24) is 10.2 Å². The Morgan fingerprint density at radius 2 is 1.62 bits per heavy atom. The Labute approximate surface area is 152 Å². The van der Waals surface area contributed by atoms with Gasteiger partial charge >= 0.3 is 5.97 Å². The fourth-order valence-electron chi connectivity index (χ4n) is 2.78. The predicted octanol–water partition coefficient (Wildman–Crippen LogP) is 1.77. The van der Waals surface area contributed by atoms with Gasteiger partial charge in [-0.3, -0.25) is 19.3 Å². The second-order valence-electron chi connectivity index (χ2n) is 6.70. The first kappa shape index (κ1) is 19.6. The summed E-state index contributed by atoms with van der Waals surface area (Å²) in [5.74, 6) is -2.59. The molecular formula is C19H24N2O5. The second kappa shape index (κ2) is 8.12. The Balaban J connectivity index is 2.12. The number of hydrogen-bond acceptors (Lipinski definition) is 5. The van der Waals surface area contributed by atoms with E-state index in [2.05, 4.69) is 5.32 Å². The molecule has 140 valence electrons. The quantitative estimate of drug-likeness (QED) is 0.591. The summed E-state index contributed by atoms with van der Waals surface area (Å²) in [6.45, 7) is 6.75. The number of esters is 1.